The fourth-order valence-electron chi connectivity index (χ4n) is 2.01. The summed E-state index contributed by atoms with van der Waals surface area (Å²) in [5, 5.41) is 0.555. The average molecular weight is 238 g/mol. The molecule has 0 atom stereocenters. The summed E-state index contributed by atoms with van der Waals surface area (Å²) in [6.07, 6.45) is 3.32. The molecular weight excluding hydrogens is 226 g/mol. The van der Waals surface area contributed by atoms with Crippen LogP contribution >= 0.6 is 11.6 Å². The maximum Gasteiger partial charge on any atom is 0.235 e. The molecule has 0 spiro atoms. The predicted molar refractivity (Wildman–Crippen MR) is 61.8 cm³/mol. The molecule has 1 saturated carbocycles. The number of halogens is 1. The van der Waals surface area contributed by atoms with E-state index in [0.29, 0.717) is 10.8 Å². The highest BCUT2D eigenvalue weighted by atomic mass is 35.5. The van der Waals surface area contributed by atoms with E-state index in [9.17, 15) is 4.79 Å². The predicted octanol–water partition coefficient (Wildman–Crippen LogP) is 2.98. The molecule has 0 saturated heterocycles. The summed E-state index contributed by atoms with van der Waals surface area (Å²) in [5.41, 5.74) is 1.48. The van der Waals surface area contributed by atoms with Crippen molar-refractivity contribution in [1.82, 2.24) is 0 Å². The van der Waals surface area contributed by atoms with Gasteiger partial charge in [-0.05, 0) is 31.4 Å². The number of isocyanates is 1. The number of benzene rings is 1. The Bertz CT molecular complexity index is 474. The number of rotatable bonds is 3. The zero-order chi connectivity index (χ0) is 11.8. The molecule has 0 amide bonds. The van der Waals surface area contributed by atoms with Crippen molar-refractivity contribution in [2.75, 3.05) is 7.11 Å². The van der Waals surface area contributed by atoms with Crippen LogP contribution < -0.4 is 4.74 Å². The van der Waals surface area contributed by atoms with Gasteiger partial charge in [0.1, 0.15) is 11.3 Å². The standard InChI is InChI=1S/C12H12ClNO2/c1-8-3-4-9(16-2)11(13)10(8)12(5-6-12)14-7-15/h3-4H,5-6H2,1-2H3. The number of methoxy groups -OCH3 is 1. The van der Waals surface area contributed by atoms with E-state index in [0.717, 1.165) is 24.0 Å². The van der Waals surface area contributed by atoms with Crippen molar-refractivity contribution in [1.29, 1.82) is 0 Å². The molecule has 2 rings (SSSR count). The van der Waals surface area contributed by atoms with E-state index in [-0.39, 0.29) is 0 Å². The van der Waals surface area contributed by atoms with Crippen molar-refractivity contribution in [3.8, 4) is 5.75 Å². The first-order valence-corrected chi connectivity index (χ1v) is 5.45. The van der Waals surface area contributed by atoms with Gasteiger partial charge in [-0.3, -0.25) is 0 Å². The molecule has 0 aromatic heterocycles. The van der Waals surface area contributed by atoms with Crippen LogP contribution in [0.15, 0.2) is 17.1 Å². The highest BCUT2D eigenvalue weighted by Crippen LogP contribution is 2.54. The Kier molecular flexibility index (Phi) is 2.75. The fraction of sp³-hybridized carbons (Fsp3) is 0.417. The first kappa shape index (κ1) is 11.2. The number of carbonyl (C=O) groups excluding carboxylic acids is 1. The van der Waals surface area contributed by atoms with Crippen LogP contribution in [0, 0.1) is 6.92 Å². The van der Waals surface area contributed by atoms with Crippen molar-refractivity contribution >= 4 is 17.7 Å². The topological polar surface area (TPSA) is 38.7 Å². The molecule has 0 radical (unpaired) electrons. The van der Waals surface area contributed by atoms with Crippen LogP contribution in [0.25, 0.3) is 0 Å². The van der Waals surface area contributed by atoms with Gasteiger partial charge in [0.2, 0.25) is 6.08 Å². The van der Waals surface area contributed by atoms with Crippen molar-refractivity contribution in [2.45, 2.75) is 25.3 Å². The second-order valence-corrected chi connectivity index (χ2v) is 4.39. The second-order valence-electron chi connectivity index (χ2n) is 4.01. The monoisotopic (exact) mass is 237 g/mol. The molecule has 1 fully saturated rings. The van der Waals surface area contributed by atoms with Crippen molar-refractivity contribution in [2.24, 2.45) is 4.99 Å². The van der Waals surface area contributed by atoms with Gasteiger partial charge in [-0.2, -0.15) is 4.99 Å². The number of hydrogen-bond acceptors (Lipinski definition) is 3. The van der Waals surface area contributed by atoms with Crippen LogP contribution in [0.3, 0.4) is 0 Å². The molecule has 0 N–H and O–H groups in total. The maximum atomic E-state index is 10.4. The number of ether oxygens (including phenoxy) is 1. The van der Waals surface area contributed by atoms with Crippen LogP contribution in [-0.4, -0.2) is 13.2 Å². The molecule has 0 bridgehead atoms. The Morgan fingerprint density at radius 2 is 2.19 bits per heavy atom. The smallest absolute Gasteiger partial charge is 0.235 e. The van der Waals surface area contributed by atoms with Crippen molar-refractivity contribution < 1.29 is 9.53 Å². The van der Waals surface area contributed by atoms with Gasteiger partial charge in [-0.25, -0.2) is 4.79 Å². The lowest BCUT2D eigenvalue weighted by Gasteiger charge is -2.16. The summed E-state index contributed by atoms with van der Waals surface area (Å²) in [4.78, 5) is 14.3. The van der Waals surface area contributed by atoms with Crippen molar-refractivity contribution in [3.05, 3.63) is 28.3 Å². The van der Waals surface area contributed by atoms with E-state index < -0.39 is 5.54 Å². The summed E-state index contributed by atoms with van der Waals surface area (Å²) in [6.45, 7) is 1.96. The Morgan fingerprint density at radius 3 is 2.69 bits per heavy atom. The third-order valence-electron chi connectivity index (χ3n) is 2.98. The van der Waals surface area contributed by atoms with Gasteiger partial charge < -0.3 is 4.74 Å². The molecule has 0 heterocycles. The van der Waals surface area contributed by atoms with Gasteiger partial charge in [0.05, 0.1) is 12.1 Å². The Labute approximate surface area is 99.1 Å². The lowest BCUT2D eigenvalue weighted by Crippen LogP contribution is -2.07. The van der Waals surface area contributed by atoms with E-state index in [2.05, 4.69) is 4.99 Å². The van der Waals surface area contributed by atoms with Gasteiger partial charge in [0.15, 0.2) is 0 Å². The molecule has 16 heavy (non-hydrogen) atoms. The third kappa shape index (κ3) is 1.62. The van der Waals surface area contributed by atoms with E-state index in [4.69, 9.17) is 16.3 Å². The van der Waals surface area contributed by atoms with E-state index in [1.165, 1.54) is 0 Å². The summed E-state index contributed by atoms with van der Waals surface area (Å²) in [5.74, 6) is 0.620. The van der Waals surface area contributed by atoms with E-state index >= 15 is 0 Å². The first-order chi connectivity index (χ1) is 7.64. The highest BCUT2D eigenvalue weighted by molar-refractivity contribution is 6.33. The minimum Gasteiger partial charge on any atom is -0.495 e. The quantitative estimate of drug-likeness (QED) is 0.599. The molecule has 1 aliphatic rings. The number of hydrogen-bond donors (Lipinski definition) is 0. The fourth-order valence-corrected chi connectivity index (χ4v) is 2.47. The van der Waals surface area contributed by atoms with Gasteiger partial charge in [0.25, 0.3) is 0 Å². The van der Waals surface area contributed by atoms with Crippen molar-refractivity contribution in [3.63, 3.8) is 0 Å². The lowest BCUT2D eigenvalue weighted by molar-refractivity contribution is 0.413. The Balaban J connectivity index is 2.60. The number of aryl methyl sites for hydroxylation is 1. The molecule has 0 aliphatic heterocycles. The van der Waals surface area contributed by atoms with Gasteiger partial charge in [-0.15, -0.1) is 0 Å². The van der Waals surface area contributed by atoms with Gasteiger partial charge in [0, 0.05) is 5.56 Å². The average Bonchev–Trinajstić information content (AvgIpc) is 2.99. The highest BCUT2D eigenvalue weighted by Gasteiger charge is 2.47. The Hall–Kier alpha value is -1.31. The zero-order valence-electron chi connectivity index (χ0n) is 9.21. The number of nitrogens with zero attached hydrogens (tertiary/aromatic N) is 1. The molecule has 84 valence electrons. The summed E-state index contributed by atoms with van der Waals surface area (Å²) in [6, 6.07) is 3.75. The van der Waals surface area contributed by atoms with Crippen LogP contribution in [0.1, 0.15) is 24.0 Å². The summed E-state index contributed by atoms with van der Waals surface area (Å²) < 4.78 is 5.17. The molecular formula is C12H12ClNO2. The molecule has 1 aromatic rings. The van der Waals surface area contributed by atoms with Crippen LogP contribution in [0.4, 0.5) is 0 Å². The zero-order valence-corrected chi connectivity index (χ0v) is 9.97. The molecule has 4 heteroatoms. The molecule has 1 aromatic carbocycles. The lowest BCUT2D eigenvalue weighted by atomic mass is 9.99. The van der Waals surface area contributed by atoms with Crippen LogP contribution in [0.2, 0.25) is 5.02 Å². The molecule has 0 unspecified atom stereocenters. The second kappa shape index (κ2) is 3.93. The largest absolute Gasteiger partial charge is 0.495 e. The van der Waals surface area contributed by atoms with Crippen LogP contribution in [-0.2, 0) is 10.3 Å². The molecule has 1 aliphatic carbocycles. The third-order valence-corrected chi connectivity index (χ3v) is 3.36. The SMILES string of the molecule is COc1ccc(C)c(C2(N=C=O)CC2)c1Cl. The summed E-state index contributed by atoms with van der Waals surface area (Å²) in [7, 11) is 1.57. The van der Waals surface area contributed by atoms with E-state index in [1.54, 1.807) is 13.2 Å². The normalized spacial score (nSPS) is 16.4. The minimum atomic E-state index is -0.447. The van der Waals surface area contributed by atoms with Gasteiger partial charge >= 0.3 is 0 Å². The van der Waals surface area contributed by atoms with Crippen LogP contribution in [0.5, 0.6) is 5.75 Å². The van der Waals surface area contributed by atoms with E-state index in [1.807, 2.05) is 19.1 Å². The maximum absolute atomic E-state index is 10.4. The minimum absolute atomic E-state index is 0.447. The first-order valence-electron chi connectivity index (χ1n) is 5.07. The molecule has 3 nitrogen and oxygen atoms in total. The van der Waals surface area contributed by atoms with Gasteiger partial charge in [-0.1, -0.05) is 17.7 Å². The Morgan fingerprint density at radius 1 is 1.50 bits per heavy atom. The summed E-state index contributed by atoms with van der Waals surface area (Å²) >= 11 is 6.26. The number of aliphatic imine (C=N–C) groups is 1.